The summed E-state index contributed by atoms with van der Waals surface area (Å²) in [5.74, 6) is 0. The molecule has 0 unspecified atom stereocenters. The van der Waals surface area contributed by atoms with Gasteiger partial charge in [-0.05, 0) is 60.7 Å². The summed E-state index contributed by atoms with van der Waals surface area (Å²) in [6.45, 7) is 0. The number of hydrogen-bond acceptors (Lipinski definition) is 4. The van der Waals surface area contributed by atoms with E-state index in [1.54, 1.807) is 0 Å². The van der Waals surface area contributed by atoms with Gasteiger partial charge in [-0.1, -0.05) is 12.1 Å². The molecular weight excluding hydrogens is 334 g/mol. The van der Waals surface area contributed by atoms with Gasteiger partial charge in [0, 0.05) is 17.7 Å². The van der Waals surface area contributed by atoms with Crippen LogP contribution in [0.4, 0.5) is 11.4 Å². The Labute approximate surface area is 156 Å². The Morgan fingerprint density at radius 2 is 1.26 bits per heavy atom. The predicted molar refractivity (Wildman–Crippen MR) is 112 cm³/mol. The van der Waals surface area contributed by atoms with Gasteiger partial charge in [0.1, 0.15) is 0 Å². The molecule has 0 saturated heterocycles. The van der Waals surface area contributed by atoms with E-state index in [1.165, 1.54) is 0 Å². The Morgan fingerprint density at radius 3 is 2.11 bits per heavy atom. The molecule has 6 bridgehead atoms. The van der Waals surface area contributed by atoms with Crippen LogP contribution in [0.5, 0.6) is 0 Å². The van der Waals surface area contributed by atoms with E-state index in [0.29, 0.717) is 0 Å². The van der Waals surface area contributed by atoms with Gasteiger partial charge >= 0.3 is 0 Å². The maximum absolute atomic E-state index is 4.63. The van der Waals surface area contributed by atoms with E-state index < -0.39 is 0 Å². The minimum Gasteiger partial charge on any atom is -0.358 e. The summed E-state index contributed by atoms with van der Waals surface area (Å²) >= 11 is 0. The van der Waals surface area contributed by atoms with Crippen LogP contribution in [0.3, 0.4) is 0 Å². The molecule has 4 heterocycles. The molecule has 0 spiro atoms. The first-order valence-corrected chi connectivity index (χ1v) is 8.76. The second-order valence-electron chi connectivity index (χ2n) is 6.37. The number of aliphatic imine (C=N–C) groups is 2. The number of para-hydroxylation sites is 2. The maximum atomic E-state index is 4.63. The number of H-pyrrole nitrogens is 1. The van der Waals surface area contributed by atoms with Crippen molar-refractivity contribution < 1.29 is 0 Å². The van der Waals surface area contributed by atoms with Gasteiger partial charge in [0.2, 0.25) is 0 Å². The number of rotatable bonds is 0. The molecule has 3 N–H and O–H groups in total. The lowest BCUT2D eigenvalue weighted by Gasteiger charge is -2.08. The molecule has 0 amide bonds. The van der Waals surface area contributed by atoms with Crippen molar-refractivity contribution in [2.45, 2.75) is 0 Å². The molecule has 0 saturated carbocycles. The van der Waals surface area contributed by atoms with Gasteiger partial charge in [0.05, 0.1) is 39.5 Å². The van der Waals surface area contributed by atoms with Crippen LogP contribution in [0.1, 0.15) is 0 Å². The SMILES string of the molecule is C1=CC2=NC1=CNc1ccccc1NC=c1ccc([nH]1)=CC1=NC(=C2)C=C1. The molecule has 0 fully saturated rings. The molecule has 2 aromatic rings. The van der Waals surface area contributed by atoms with Crippen LogP contribution < -0.4 is 21.3 Å². The Morgan fingerprint density at radius 1 is 0.593 bits per heavy atom. The van der Waals surface area contributed by atoms with Crippen molar-refractivity contribution >= 4 is 35.1 Å². The van der Waals surface area contributed by atoms with E-state index in [0.717, 1.165) is 44.9 Å². The van der Waals surface area contributed by atoms with E-state index in [4.69, 9.17) is 0 Å². The number of anilines is 2. The number of nitrogens with one attached hydrogen (secondary N) is 3. The molecule has 3 aliphatic heterocycles. The number of aromatic nitrogens is 1. The molecule has 0 radical (unpaired) electrons. The summed E-state index contributed by atoms with van der Waals surface area (Å²) < 4.78 is 0. The second kappa shape index (κ2) is 6.46. The lowest BCUT2D eigenvalue weighted by Crippen LogP contribution is -2.12. The average molecular weight is 351 g/mol. The fourth-order valence-electron chi connectivity index (χ4n) is 3.06. The Bertz CT molecular complexity index is 1220. The smallest absolute Gasteiger partial charge is 0.0797 e. The monoisotopic (exact) mass is 351 g/mol. The molecule has 3 aliphatic rings. The van der Waals surface area contributed by atoms with Crippen LogP contribution in [0.2, 0.25) is 0 Å². The first-order chi connectivity index (χ1) is 13.3. The quantitative estimate of drug-likeness (QED) is 0.683. The van der Waals surface area contributed by atoms with Gasteiger partial charge in [0.15, 0.2) is 0 Å². The van der Waals surface area contributed by atoms with Crippen molar-refractivity contribution in [3.05, 3.63) is 95.1 Å². The first-order valence-electron chi connectivity index (χ1n) is 8.76. The van der Waals surface area contributed by atoms with Crippen LogP contribution in [-0.2, 0) is 0 Å². The van der Waals surface area contributed by atoms with E-state index in [2.05, 4.69) is 25.6 Å². The minimum atomic E-state index is 0.872. The van der Waals surface area contributed by atoms with Crippen molar-refractivity contribution in [1.29, 1.82) is 0 Å². The number of nitrogens with zero attached hydrogens (tertiary/aromatic N) is 2. The van der Waals surface area contributed by atoms with Crippen LogP contribution in [0.25, 0.3) is 12.3 Å². The number of fused-ring (bicyclic) bond motifs is 5. The number of hydrogen-bond donors (Lipinski definition) is 3. The molecular formula is C22H17N5. The third-order valence-corrected chi connectivity index (χ3v) is 4.38. The average Bonchev–Trinajstić information content (AvgIpc) is 3.41. The third-order valence-electron chi connectivity index (χ3n) is 4.38. The summed E-state index contributed by atoms with van der Waals surface area (Å²) in [5.41, 5.74) is 5.53. The zero-order valence-corrected chi connectivity index (χ0v) is 14.5. The van der Waals surface area contributed by atoms with Crippen molar-refractivity contribution in [3.8, 4) is 0 Å². The fourth-order valence-corrected chi connectivity index (χ4v) is 3.06. The van der Waals surface area contributed by atoms with E-state index in [9.17, 15) is 0 Å². The Kier molecular flexibility index (Phi) is 3.68. The van der Waals surface area contributed by atoms with Crippen molar-refractivity contribution in [1.82, 2.24) is 4.98 Å². The maximum Gasteiger partial charge on any atom is 0.0797 e. The molecule has 27 heavy (non-hydrogen) atoms. The number of benzene rings is 1. The van der Waals surface area contributed by atoms with Gasteiger partial charge in [-0.15, -0.1) is 0 Å². The summed E-state index contributed by atoms with van der Waals surface area (Å²) in [6.07, 6.45) is 15.8. The van der Waals surface area contributed by atoms with Crippen LogP contribution in [0, 0.1) is 0 Å². The zero-order chi connectivity index (χ0) is 18.1. The van der Waals surface area contributed by atoms with Gasteiger partial charge < -0.3 is 15.6 Å². The van der Waals surface area contributed by atoms with Gasteiger partial charge in [-0.3, -0.25) is 0 Å². The molecule has 1 aromatic heterocycles. The van der Waals surface area contributed by atoms with Crippen LogP contribution >= 0.6 is 0 Å². The Hall–Kier alpha value is -3.86. The second-order valence-corrected chi connectivity index (χ2v) is 6.37. The number of aromatic amines is 1. The standard InChI is InChI=1S/C22H17N5/c1-2-4-22-21(3-1)23-13-19-9-7-17(26-19)11-15-5-6-16(25-15)12-18-8-10-20(27-18)14-24-22/h1-14,23-24,26H. The summed E-state index contributed by atoms with van der Waals surface area (Å²) in [6, 6.07) is 12.1. The largest absolute Gasteiger partial charge is 0.358 e. The molecule has 5 rings (SSSR count). The van der Waals surface area contributed by atoms with Gasteiger partial charge in [-0.25, -0.2) is 9.98 Å². The summed E-state index contributed by atoms with van der Waals surface area (Å²) in [4.78, 5) is 12.6. The predicted octanol–water partition coefficient (Wildman–Crippen LogP) is 2.82. The van der Waals surface area contributed by atoms with Crippen molar-refractivity contribution in [2.24, 2.45) is 9.98 Å². The fraction of sp³-hybridized carbons (Fsp3) is 0. The summed E-state index contributed by atoms with van der Waals surface area (Å²) in [7, 11) is 0. The van der Waals surface area contributed by atoms with E-state index in [-0.39, 0.29) is 0 Å². The highest BCUT2D eigenvalue weighted by Gasteiger charge is 2.07. The topological polar surface area (TPSA) is 64.6 Å². The Balaban J connectivity index is 1.62. The molecule has 5 heteroatoms. The van der Waals surface area contributed by atoms with E-state index in [1.807, 2.05) is 85.3 Å². The van der Waals surface area contributed by atoms with Gasteiger partial charge in [-0.2, -0.15) is 0 Å². The summed E-state index contributed by atoms with van der Waals surface area (Å²) in [5, 5.41) is 8.69. The highest BCUT2D eigenvalue weighted by Crippen LogP contribution is 2.22. The van der Waals surface area contributed by atoms with Crippen LogP contribution in [0.15, 0.2) is 94.4 Å². The zero-order valence-electron chi connectivity index (χ0n) is 14.5. The minimum absolute atomic E-state index is 0.872. The normalized spacial score (nSPS) is 17.2. The first kappa shape index (κ1) is 15.4. The highest BCUT2D eigenvalue weighted by atomic mass is 14.9. The molecule has 0 atom stereocenters. The van der Waals surface area contributed by atoms with Crippen LogP contribution in [-0.4, -0.2) is 16.4 Å². The van der Waals surface area contributed by atoms with Gasteiger partial charge in [0.25, 0.3) is 0 Å². The van der Waals surface area contributed by atoms with Crippen molar-refractivity contribution in [2.75, 3.05) is 10.6 Å². The molecule has 1 aromatic carbocycles. The third kappa shape index (κ3) is 3.30. The van der Waals surface area contributed by atoms with Crippen molar-refractivity contribution in [3.63, 3.8) is 0 Å². The van der Waals surface area contributed by atoms with E-state index >= 15 is 0 Å². The molecule has 0 aliphatic carbocycles. The molecule has 5 nitrogen and oxygen atoms in total. The number of allylic oxidation sites excluding steroid dienone is 5. The molecule has 130 valence electrons. The lowest BCUT2D eigenvalue weighted by atomic mass is 10.2. The lowest BCUT2D eigenvalue weighted by molar-refractivity contribution is 1.27. The highest BCUT2D eigenvalue weighted by molar-refractivity contribution is 6.19.